The minimum absolute atomic E-state index is 0.534. The maximum absolute atomic E-state index is 5.84. The second-order valence-corrected chi connectivity index (χ2v) is 5.59. The van der Waals surface area contributed by atoms with Crippen molar-refractivity contribution in [2.45, 2.75) is 38.6 Å². The van der Waals surface area contributed by atoms with Gasteiger partial charge in [-0.05, 0) is 50.1 Å². The Balaban J connectivity index is 1.72. The Morgan fingerprint density at radius 3 is 2.38 bits per heavy atom. The van der Waals surface area contributed by atoms with E-state index in [1.54, 1.807) is 0 Å². The second kappa shape index (κ2) is 8.90. The first-order valence-corrected chi connectivity index (χ1v) is 8.13. The number of nitrogens with two attached hydrogens (primary N) is 1. The van der Waals surface area contributed by atoms with Crippen LogP contribution in [0.2, 0.25) is 0 Å². The van der Waals surface area contributed by atoms with Crippen molar-refractivity contribution < 1.29 is 9.47 Å². The van der Waals surface area contributed by atoms with Crippen LogP contribution in [0.25, 0.3) is 0 Å². The summed E-state index contributed by atoms with van der Waals surface area (Å²) in [6.07, 6.45) is 4.83. The first-order valence-electron chi connectivity index (χ1n) is 8.13. The zero-order chi connectivity index (χ0) is 14.9. The molecule has 1 aromatic rings. The zero-order valence-electron chi connectivity index (χ0n) is 13.1. The lowest BCUT2D eigenvalue weighted by Crippen LogP contribution is -2.45. The van der Waals surface area contributed by atoms with Gasteiger partial charge in [0.15, 0.2) is 0 Å². The highest BCUT2D eigenvalue weighted by atomic mass is 16.5. The van der Waals surface area contributed by atoms with Gasteiger partial charge >= 0.3 is 0 Å². The summed E-state index contributed by atoms with van der Waals surface area (Å²) in [6.45, 7) is 6.43. The molecule has 1 saturated heterocycles. The number of rotatable bonds is 8. The molecule has 4 heteroatoms. The molecule has 1 unspecified atom stereocenters. The van der Waals surface area contributed by atoms with Gasteiger partial charge in [0, 0.05) is 19.1 Å². The highest BCUT2D eigenvalue weighted by Gasteiger charge is 2.20. The van der Waals surface area contributed by atoms with E-state index in [2.05, 4.69) is 11.8 Å². The van der Waals surface area contributed by atoms with Gasteiger partial charge in [0.05, 0.1) is 6.61 Å². The van der Waals surface area contributed by atoms with Gasteiger partial charge in [-0.25, -0.2) is 0 Å². The smallest absolute Gasteiger partial charge is 0.119 e. The van der Waals surface area contributed by atoms with Crippen molar-refractivity contribution in [3.05, 3.63) is 24.3 Å². The van der Waals surface area contributed by atoms with Crippen LogP contribution in [0.5, 0.6) is 11.5 Å². The molecule has 2 N–H and O–H groups in total. The first kappa shape index (κ1) is 16.1. The van der Waals surface area contributed by atoms with Gasteiger partial charge in [0.2, 0.25) is 0 Å². The topological polar surface area (TPSA) is 47.7 Å². The van der Waals surface area contributed by atoms with Gasteiger partial charge in [-0.1, -0.05) is 13.3 Å². The normalized spacial score (nSPS) is 19.4. The van der Waals surface area contributed by atoms with E-state index in [0.29, 0.717) is 12.6 Å². The van der Waals surface area contributed by atoms with Crippen LogP contribution in [0.15, 0.2) is 24.3 Å². The Morgan fingerprint density at radius 2 is 1.76 bits per heavy atom. The zero-order valence-corrected chi connectivity index (χ0v) is 13.1. The quantitative estimate of drug-likeness (QED) is 0.800. The van der Waals surface area contributed by atoms with E-state index in [9.17, 15) is 0 Å². The molecule has 1 fully saturated rings. The Hall–Kier alpha value is -1.26. The number of piperidine rings is 1. The molecule has 2 rings (SSSR count). The molecule has 0 aliphatic carbocycles. The first-order chi connectivity index (χ1) is 10.3. The Morgan fingerprint density at radius 1 is 1.10 bits per heavy atom. The minimum atomic E-state index is 0.534. The molecular formula is C17H28N2O2. The lowest BCUT2D eigenvalue weighted by atomic mass is 10.0. The average Bonchev–Trinajstić information content (AvgIpc) is 2.54. The number of nitrogens with zero attached hydrogens (tertiary/aromatic N) is 1. The molecule has 118 valence electrons. The Kier molecular flexibility index (Phi) is 6.83. The highest BCUT2D eigenvalue weighted by Crippen LogP contribution is 2.19. The van der Waals surface area contributed by atoms with E-state index in [1.165, 1.54) is 19.3 Å². The van der Waals surface area contributed by atoms with E-state index in [4.69, 9.17) is 15.2 Å². The molecule has 0 spiro atoms. The van der Waals surface area contributed by atoms with Crippen LogP contribution in [0.3, 0.4) is 0 Å². The molecule has 1 aliphatic rings. The third kappa shape index (κ3) is 5.21. The lowest BCUT2D eigenvalue weighted by molar-refractivity contribution is 0.127. The number of hydrogen-bond donors (Lipinski definition) is 1. The summed E-state index contributed by atoms with van der Waals surface area (Å²) in [5.41, 5.74) is 5.84. The van der Waals surface area contributed by atoms with Crippen molar-refractivity contribution in [3.8, 4) is 11.5 Å². The predicted octanol–water partition coefficient (Wildman–Crippen LogP) is 2.67. The van der Waals surface area contributed by atoms with Crippen molar-refractivity contribution in [2.24, 2.45) is 5.73 Å². The third-order valence-electron chi connectivity index (χ3n) is 3.96. The minimum Gasteiger partial charge on any atom is -0.494 e. The van der Waals surface area contributed by atoms with E-state index in [1.807, 2.05) is 24.3 Å². The highest BCUT2D eigenvalue weighted by molar-refractivity contribution is 5.31. The van der Waals surface area contributed by atoms with Gasteiger partial charge in [-0.3, -0.25) is 4.90 Å². The molecule has 0 saturated carbocycles. The van der Waals surface area contributed by atoms with Gasteiger partial charge in [-0.2, -0.15) is 0 Å². The molecule has 1 heterocycles. The van der Waals surface area contributed by atoms with Crippen LogP contribution in [0, 0.1) is 0 Å². The maximum atomic E-state index is 5.84. The van der Waals surface area contributed by atoms with Crippen molar-refractivity contribution in [1.82, 2.24) is 4.90 Å². The molecule has 0 aromatic heterocycles. The fourth-order valence-electron chi connectivity index (χ4n) is 2.75. The van der Waals surface area contributed by atoms with Gasteiger partial charge in [-0.15, -0.1) is 0 Å². The molecule has 0 radical (unpaired) electrons. The second-order valence-electron chi connectivity index (χ2n) is 5.59. The predicted molar refractivity (Wildman–Crippen MR) is 86.0 cm³/mol. The summed E-state index contributed by atoms with van der Waals surface area (Å²) in [4.78, 5) is 2.46. The van der Waals surface area contributed by atoms with Crippen LogP contribution < -0.4 is 15.2 Å². The number of ether oxygens (including phenoxy) is 2. The maximum Gasteiger partial charge on any atom is 0.119 e. The fourth-order valence-corrected chi connectivity index (χ4v) is 2.75. The fraction of sp³-hybridized carbons (Fsp3) is 0.647. The van der Waals surface area contributed by atoms with Crippen LogP contribution in [0.4, 0.5) is 0 Å². The summed E-state index contributed by atoms with van der Waals surface area (Å²) < 4.78 is 11.4. The summed E-state index contributed by atoms with van der Waals surface area (Å²) in [5.74, 6) is 1.81. The molecule has 0 amide bonds. The molecule has 0 bridgehead atoms. The van der Waals surface area contributed by atoms with Crippen molar-refractivity contribution in [3.63, 3.8) is 0 Å². The number of hydrogen-bond acceptors (Lipinski definition) is 4. The van der Waals surface area contributed by atoms with E-state index < -0.39 is 0 Å². The van der Waals surface area contributed by atoms with E-state index in [-0.39, 0.29) is 0 Å². The van der Waals surface area contributed by atoms with Crippen LogP contribution in [0.1, 0.15) is 32.6 Å². The SMILES string of the molecule is CCCOc1ccc(OCCN2CCCCC2CN)cc1. The largest absolute Gasteiger partial charge is 0.494 e. The van der Waals surface area contributed by atoms with E-state index in [0.717, 1.165) is 44.2 Å². The lowest BCUT2D eigenvalue weighted by Gasteiger charge is -2.34. The molecule has 21 heavy (non-hydrogen) atoms. The van der Waals surface area contributed by atoms with Gasteiger partial charge in [0.25, 0.3) is 0 Å². The molecule has 1 aliphatic heterocycles. The van der Waals surface area contributed by atoms with Crippen LogP contribution in [-0.4, -0.2) is 43.8 Å². The number of likely N-dealkylation sites (tertiary alicyclic amines) is 1. The van der Waals surface area contributed by atoms with E-state index >= 15 is 0 Å². The summed E-state index contributed by atoms with van der Waals surface area (Å²) in [5, 5.41) is 0. The average molecular weight is 292 g/mol. The summed E-state index contributed by atoms with van der Waals surface area (Å²) >= 11 is 0. The summed E-state index contributed by atoms with van der Waals surface area (Å²) in [6, 6.07) is 8.42. The third-order valence-corrected chi connectivity index (χ3v) is 3.96. The van der Waals surface area contributed by atoms with Crippen molar-refractivity contribution in [1.29, 1.82) is 0 Å². The Labute approximate surface area is 128 Å². The number of benzene rings is 1. The molecule has 1 atom stereocenters. The molecular weight excluding hydrogens is 264 g/mol. The van der Waals surface area contributed by atoms with Gasteiger partial charge in [0.1, 0.15) is 18.1 Å². The molecule has 4 nitrogen and oxygen atoms in total. The Bertz CT molecular complexity index is 394. The summed E-state index contributed by atoms with van der Waals surface area (Å²) in [7, 11) is 0. The van der Waals surface area contributed by atoms with Crippen LogP contribution >= 0.6 is 0 Å². The van der Waals surface area contributed by atoms with Crippen molar-refractivity contribution in [2.75, 3.05) is 32.8 Å². The van der Waals surface area contributed by atoms with Gasteiger partial charge < -0.3 is 15.2 Å². The monoisotopic (exact) mass is 292 g/mol. The van der Waals surface area contributed by atoms with Crippen LogP contribution in [-0.2, 0) is 0 Å². The van der Waals surface area contributed by atoms with Crippen molar-refractivity contribution >= 4 is 0 Å². The molecule has 1 aromatic carbocycles. The standard InChI is InChI=1S/C17H28N2O2/c1-2-12-20-16-6-8-17(9-7-16)21-13-11-19-10-4-3-5-15(19)14-18/h6-9,15H,2-5,10-14,18H2,1H3.